The molecule has 0 atom stereocenters. The van der Waals surface area contributed by atoms with Crippen molar-refractivity contribution in [1.82, 2.24) is 0 Å². The fourth-order valence-electron chi connectivity index (χ4n) is 1.87. The summed E-state index contributed by atoms with van der Waals surface area (Å²) < 4.78 is 6.14. The van der Waals surface area contributed by atoms with Gasteiger partial charge in [0, 0.05) is 5.57 Å². The van der Waals surface area contributed by atoms with Crippen LogP contribution in [0.1, 0.15) is 19.3 Å². The highest BCUT2D eigenvalue weighted by molar-refractivity contribution is 7.38. The maximum absolute atomic E-state index is 10.6. The lowest BCUT2D eigenvalue weighted by atomic mass is 10.1. The molecule has 0 amide bonds. The number of hydrogen-bond acceptors (Lipinski definition) is 2. The van der Waals surface area contributed by atoms with Gasteiger partial charge in [-0.25, -0.2) is 4.79 Å². The number of carboxylic acids is 1. The molecule has 0 spiro atoms. The van der Waals surface area contributed by atoms with Gasteiger partial charge in [-0.05, 0) is 25.9 Å². The molecule has 18 heavy (non-hydrogen) atoms. The summed E-state index contributed by atoms with van der Waals surface area (Å²) in [6, 6.07) is 1.24. The Kier molecular flexibility index (Phi) is 7.35. The maximum Gasteiger partial charge on any atom is 0.330 e. The molecule has 0 rings (SSSR count). The highest BCUT2D eigenvalue weighted by Crippen LogP contribution is 2.26. The summed E-state index contributed by atoms with van der Waals surface area (Å²) >= 11 is 0. The summed E-state index contributed by atoms with van der Waals surface area (Å²) in [4.78, 5) is 10.6. The van der Waals surface area contributed by atoms with Crippen molar-refractivity contribution in [1.29, 1.82) is 0 Å². The maximum atomic E-state index is 10.6. The fourth-order valence-corrected chi connectivity index (χ4v) is 15.2. The Balaban J connectivity index is 4.12. The molecule has 6 heteroatoms. The topological polar surface area (TPSA) is 46.5 Å². The summed E-state index contributed by atoms with van der Waals surface area (Å²) in [6.45, 7) is 15.3. The zero-order chi connectivity index (χ0) is 14.4. The highest BCUT2D eigenvalue weighted by atomic mass is 29.3. The van der Waals surface area contributed by atoms with Gasteiger partial charge in [0.1, 0.15) is 9.76 Å². The average Bonchev–Trinajstić information content (AvgIpc) is 2.23. The number of hydrogen-bond donors (Lipinski definition) is 1. The molecule has 0 radical (unpaired) electrons. The van der Waals surface area contributed by atoms with Gasteiger partial charge in [0.05, 0.1) is 7.59 Å². The molecule has 0 aromatic carbocycles. The van der Waals surface area contributed by atoms with Crippen molar-refractivity contribution in [3.05, 3.63) is 12.2 Å². The molecule has 0 aliphatic heterocycles. The van der Waals surface area contributed by atoms with E-state index in [9.17, 15) is 4.79 Å². The Morgan fingerprint density at radius 3 is 2.28 bits per heavy atom. The Hall–Kier alpha value is -0.179. The first-order chi connectivity index (χ1) is 8.14. The quantitative estimate of drug-likeness (QED) is 0.405. The second-order valence-electron chi connectivity index (χ2n) is 5.94. The summed E-state index contributed by atoms with van der Waals surface area (Å²) in [5, 5.41) is 8.74. The first kappa shape index (κ1) is 17.8. The first-order valence-electron chi connectivity index (χ1n) is 6.69. The highest BCUT2D eigenvalue weighted by Gasteiger charge is 2.41. The normalized spacial score (nSPS) is 13.2. The second-order valence-corrected chi connectivity index (χ2v) is 22.6. The number of carbonyl (C=O) groups is 1. The summed E-state index contributed by atoms with van der Waals surface area (Å²) in [6.07, 6.45) is 2.66. The van der Waals surface area contributed by atoms with Crippen molar-refractivity contribution in [2.75, 3.05) is 0 Å². The lowest BCUT2D eigenvalue weighted by Gasteiger charge is -2.38. The van der Waals surface area contributed by atoms with Gasteiger partial charge in [0.2, 0.25) is 0 Å². The zero-order valence-corrected chi connectivity index (χ0v) is 15.9. The molecule has 0 bridgehead atoms. The largest absolute Gasteiger partial charge is 0.478 e. The molecular weight excluding hydrogens is 276 g/mol. The van der Waals surface area contributed by atoms with E-state index in [1.54, 1.807) is 0 Å². The molecule has 0 aliphatic rings. The van der Waals surface area contributed by atoms with Gasteiger partial charge < -0.3 is 9.22 Å². The Morgan fingerprint density at radius 2 is 1.83 bits per heavy atom. The minimum atomic E-state index is -1.47. The van der Waals surface area contributed by atoms with Crippen LogP contribution in [0.15, 0.2) is 12.2 Å². The molecule has 0 aromatic rings. The standard InChI is InChI=1S/C12H28O3Si3/c1-11(12(13)14)9-7-8-10-17(3,4)18(5,6)15-16-2/h1,7-10,16H2,2-6H3,(H,13,14). The van der Waals surface area contributed by atoms with Crippen molar-refractivity contribution < 1.29 is 14.0 Å². The van der Waals surface area contributed by atoms with Crippen LogP contribution in [0, 0.1) is 0 Å². The van der Waals surface area contributed by atoms with Gasteiger partial charge in [0.25, 0.3) is 0 Å². The molecule has 0 fully saturated rings. The van der Waals surface area contributed by atoms with E-state index in [-0.39, 0.29) is 9.76 Å². The van der Waals surface area contributed by atoms with Crippen LogP contribution in [-0.2, 0) is 8.91 Å². The van der Waals surface area contributed by atoms with E-state index >= 15 is 0 Å². The van der Waals surface area contributed by atoms with Crippen molar-refractivity contribution in [3.63, 3.8) is 0 Å². The van der Waals surface area contributed by atoms with Gasteiger partial charge in [-0.1, -0.05) is 38.7 Å². The third kappa shape index (κ3) is 5.64. The van der Waals surface area contributed by atoms with Gasteiger partial charge in [0.15, 0.2) is 7.83 Å². The summed E-state index contributed by atoms with van der Waals surface area (Å²) in [7, 11) is -3.06. The van der Waals surface area contributed by atoms with Crippen LogP contribution in [0.5, 0.6) is 0 Å². The molecule has 0 unspecified atom stereocenters. The monoisotopic (exact) mass is 304 g/mol. The van der Waals surface area contributed by atoms with Crippen molar-refractivity contribution >= 4 is 31.2 Å². The van der Waals surface area contributed by atoms with Gasteiger partial charge >= 0.3 is 5.97 Å². The van der Waals surface area contributed by atoms with Crippen LogP contribution in [0.3, 0.4) is 0 Å². The van der Waals surface area contributed by atoms with Crippen molar-refractivity contribution in [2.24, 2.45) is 0 Å². The van der Waals surface area contributed by atoms with Crippen LogP contribution in [-0.4, -0.2) is 36.3 Å². The third-order valence-corrected chi connectivity index (χ3v) is 24.7. The number of rotatable bonds is 9. The van der Waals surface area contributed by atoms with E-state index in [0.29, 0.717) is 12.0 Å². The van der Waals surface area contributed by atoms with Gasteiger partial charge in [-0.3, -0.25) is 0 Å². The number of unbranched alkanes of at least 4 members (excludes halogenated alkanes) is 1. The molecule has 3 nitrogen and oxygen atoms in total. The molecular formula is C12H28O3Si3. The van der Waals surface area contributed by atoms with Gasteiger partial charge in [-0.2, -0.15) is 0 Å². The SMILES string of the molecule is C=C(CCCC[Si](C)(C)[Si](C)(C)O[SiH2]C)C(=O)O. The molecule has 0 saturated carbocycles. The van der Waals surface area contributed by atoms with Crippen LogP contribution >= 0.6 is 0 Å². The molecule has 106 valence electrons. The molecule has 0 saturated heterocycles. The Bertz CT molecular complexity index is 301. The average molecular weight is 305 g/mol. The first-order valence-corrected chi connectivity index (χ1v) is 15.8. The molecule has 0 heterocycles. The van der Waals surface area contributed by atoms with E-state index in [4.69, 9.17) is 9.22 Å². The third-order valence-electron chi connectivity index (χ3n) is 3.97. The van der Waals surface area contributed by atoms with Gasteiger partial charge in [-0.15, -0.1) is 0 Å². The smallest absolute Gasteiger partial charge is 0.330 e. The summed E-state index contributed by atoms with van der Waals surface area (Å²) in [5.74, 6) is -0.860. The van der Waals surface area contributed by atoms with Crippen molar-refractivity contribution in [3.8, 4) is 0 Å². The second kappa shape index (κ2) is 7.42. The lowest BCUT2D eigenvalue weighted by Crippen LogP contribution is -2.57. The van der Waals surface area contributed by atoms with E-state index in [0.717, 1.165) is 12.8 Å². The van der Waals surface area contributed by atoms with Crippen LogP contribution in [0.4, 0.5) is 0 Å². The Labute approximate surface area is 116 Å². The molecule has 1 N–H and O–H groups in total. The minimum absolute atomic E-state index is 0.318. The fraction of sp³-hybridized carbons (Fsp3) is 0.750. The van der Waals surface area contributed by atoms with Crippen LogP contribution < -0.4 is 0 Å². The number of aliphatic carboxylic acids is 1. The van der Waals surface area contributed by atoms with Crippen LogP contribution in [0.25, 0.3) is 0 Å². The predicted molar refractivity (Wildman–Crippen MR) is 85.9 cm³/mol. The molecule has 0 aromatic heterocycles. The lowest BCUT2D eigenvalue weighted by molar-refractivity contribution is -0.132. The van der Waals surface area contributed by atoms with E-state index in [1.165, 1.54) is 6.04 Å². The molecule has 0 aliphatic carbocycles. The van der Waals surface area contributed by atoms with Crippen molar-refractivity contribution in [2.45, 2.75) is 58.0 Å². The van der Waals surface area contributed by atoms with E-state index in [2.05, 4.69) is 39.3 Å². The number of carboxylic acid groups (broad SMARTS) is 1. The minimum Gasteiger partial charge on any atom is -0.478 e. The van der Waals surface area contributed by atoms with E-state index in [1.807, 2.05) is 0 Å². The summed E-state index contributed by atoms with van der Waals surface area (Å²) in [5.41, 5.74) is 0.336. The predicted octanol–water partition coefficient (Wildman–Crippen LogP) is 2.94. The van der Waals surface area contributed by atoms with Crippen LogP contribution in [0.2, 0.25) is 38.8 Å². The zero-order valence-electron chi connectivity index (χ0n) is 12.5. The Morgan fingerprint density at radius 1 is 1.28 bits per heavy atom. The van der Waals surface area contributed by atoms with E-state index < -0.39 is 21.4 Å².